The lowest BCUT2D eigenvalue weighted by Gasteiger charge is -2.19. The largest absolute Gasteiger partial charge is 0.396 e. The molecule has 1 atom stereocenters. The Labute approximate surface area is 125 Å². The quantitative estimate of drug-likeness (QED) is 0.849. The van der Waals surface area contributed by atoms with E-state index < -0.39 is 0 Å². The highest BCUT2D eigenvalue weighted by atomic mass is 16.5. The van der Waals surface area contributed by atoms with E-state index in [-0.39, 0.29) is 12.7 Å². The summed E-state index contributed by atoms with van der Waals surface area (Å²) < 4.78 is 6.17. The van der Waals surface area contributed by atoms with Crippen molar-refractivity contribution >= 4 is 0 Å². The normalized spacial score (nSPS) is 15.9. The molecule has 1 aliphatic carbocycles. The Morgan fingerprint density at radius 1 is 1.19 bits per heavy atom. The van der Waals surface area contributed by atoms with Gasteiger partial charge in [-0.2, -0.15) is 0 Å². The van der Waals surface area contributed by atoms with Gasteiger partial charge in [-0.25, -0.2) is 0 Å². The fourth-order valence-corrected chi connectivity index (χ4v) is 2.47. The van der Waals surface area contributed by atoms with Gasteiger partial charge in [-0.3, -0.25) is 4.98 Å². The van der Waals surface area contributed by atoms with Crippen LogP contribution in [-0.4, -0.2) is 23.3 Å². The van der Waals surface area contributed by atoms with Crippen LogP contribution in [0.4, 0.5) is 0 Å². The molecule has 1 aliphatic rings. The zero-order valence-electron chi connectivity index (χ0n) is 12.1. The number of aliphatic hydroxyl groups excluding tert-OH is 1. The molecule has 1 fully saturated rings. The number of ether oxygens (including phenoxy) is 1. The molecule has 1 heterocycles. The Kier molecular flexibility index (Phi) is 4.63. The molecule has 2 aromatic rings. The fraction of sp³-hybridized carbons (Fsp3) is 0.389. The molecular formula is C18H21NO2. The summed E-state index contributed by atoms with van der Waals surface area (Å²) in [5.74, 6) is 0.727. The molecule has 3 rings (SSSR count). The van der Waals surface area contributed by atoms with Gasteiger partial charge in [0, 0.05) is 24.6 Å². The summed E-state index contributed by atoms with van der Waals surface area (Å²) in [5, 5.41) is 9.11. The lowest BCUT2D eigenvalue weighted by Crippen LogP contribution is -2.09. The van der Waals surface area contributed by atoms with Crippen molar-refractivity contribution in [1.29, 1.82) is 0 Å². The first kappa shape index (κ1) is 14.2. The predicted octanol–water partition coefficient (Wildman–Crippen LogP) is 3.13. The molecule has 1 aromatic heterocycles. The van der Waals surface area contributed by atoms with Crippen molar-refractivity contribution in [3.63, 3.8) is 0 Å². The molecule has 0 amide bonds. The second-order valence-corrected chi connectivity index (χ2v) is 5.66. The Morgan fingerprint density at radius 3 is 2.76 bits per heavy atom. The van der Waals surface area contributed by atoms with Crippen LogP contribution in [0.5, 0.6) is 0 Å². The van der Waals surface area contributed by atoms with Crippen LogP contribution in [0, 0.1) is 5.92 Å². The molecule has 3 heteroatoms. The third kappa shape index (κ3) is 3.90. The van der Waals surface area contributed by atoms with E-state index >= 15 is 0 Å². The molecule has 0 spiro atoms. The van der Waals surface area contributed by atoms with Gasteiger partial charge < -0.3 is 9.84 Å². The maximum absolute atomic E-state index is 9.11. The predicted molar refractivity (Wildman–Crippen MR) is 82.0 cm³/mol. The van der Waals surface area contributed by atoms with Gasteiger partial charge in [0.1, 0.15) is 6.10 Å². The molecule has 0 aliphatic heterocycles. The van der Waals surface area contributed by atoms with E-state index in [9.17, 15) is 0 Å². The van der Waals surface area contributed by atoms with Crippen LogP contribution in [0.1, 0.15) is 35.6 Å². The number of benzene rings is 1. The third-order valence-electron chi connectivity index (χ3n) is 3.84. The molecule has 1 unspecified atom stereocenters. The van der Waals surface area contributed by atoms with Gasteiger partial charge in [0.15, 0.2) is 0 Å². The Bertz CT molecular complexity index is 566. The van der Waals surface area contributed by atoms with Gasteiger partial charge in [-0.1, -0.05) is 30.3 Å². The van der Waals surface area contributed by atoms with Crippen LogP contribution in [0.3, 0.4) is 0 Å². The smallest absolute Gasteiger partial charge is 0.109 e. The van der Waals surface area contributed by atoms with E-state index in [2.05, 4.69) is 23.2 Å². The third-order valence-corrected chi connectivity index (χ3v) is 3.84. The van der Waals surface area contributed by atoms with Crippen molar-refractivity contribution in [2.45, 2.75) is 25.4 Å². The number of nitrogens with zero attached hydrogens (tertiary/aromatic N) is 1. The Hall–Kier alpha value is -1.71. The van der Waals surface area contributed by atoms with E-state index in [1.54, 1.807) is 6.20 Å². The zero-order chi connectivity index (χ0) is 14.5. The van der Waals surface area contributed by atoms with Gasteiger partial charge in [-0.05, 0) is 42.4 Å². The minimum atomic E-state index is -0.0713. The van der Waals surface area contributed by atoms with Crippen molar-refractivity contribution in [2.75, 3.05) is 13.2 Å². The Balaban J connectivity index is 1.84. The van der Waals surface area contributed by atoms with Crippen molar-refractivity contribution in [1.82, 2.24) is 4.98 Å². The monoisotopic (exact) mass is 283 g/mol. The van der Waals surface area contributed by atoms with E-state index in [0.717, 1.165) is 29.2 Å². The molecule has 0 radical (unpaired) electrons. The molecule has 110 valence electrons. The first-order valence-corrected chi connectivity index (χ1v) is 7.58. The van der Waals surface area contributed by atoms with E-state index in [1.165, 1.54) is 12.8 Å². The second kappa shape index (κ2) is 6.83. The van der Waals surface area contributed by atoms with Gasteiger partial charge in [0.2, 0.25) is 0 Å². The highest BCUT2D eigenvalue weighted by Crippen LogP contribution is 2.33. The summed E-state index contributed by atoms with van der Waals surface area (Å²) in [6.45, 7) is 0.980. The van der Waals surface area contributed by atoms with Crippen LogP contribution in [0.2, 0.25) is 0 Å². The molecule has 0 bridgehead atoms. The zero-order valence-corrected chi connectivity index (χ0v) is 12.1. The molecule has 1 saturated carbocycles. The minimum absolute atomic E-state index is 0.0713. The van der Waals surface area contributed by atoms with Gasteiger partial charge in [0.25, 0.3) is 0 Å². The summed E-state index contributed by atoms with van der Waals surface area (Å²) in [7, 11) is 0. The summed E-state index contributed by atoms with van der Waals surface area (Å²) in [5.41, 5.74) is 3.35. The van der Waals surface area contributed by atoms with Crippen LogP contribution in [0.15, 0.2) is 48.8 Å². The number of pyridine rings is 1. The SMILES string of the molecule is OCCc1cccc(C(OCC2CC2)c2cccnc2)c1. The van der Waals surface area contributed by atoms with Crippen LogP contribution in [-0.2, 0) is 11.2 Å². The maximum atomic E-state index is 9.11. The minimum Gasteiger partial charge on any atom is -0.396 e. The average molecular weight is 283 g/mol. The molecule has 0 saturated heterocycles. The average Bonchev–Trinajstić information content (AvgIpc) is 3.34. The van der Waals surface area contributed by atoms with Crippen molar-refractivity contribution in [3.05, 3.63) is 65.5 Å². The summed E-state index contributed by atoms with van der Waals surface area (Å²) in [6.07, 6.45) is 6.82. The number of rotatable bonds is 7. The molecule has 21 heavy (non-hydrogen) atoms. The first-order chi connectivity index (χ1) is 10.4. The van der Waals surface area contributed by atoms with E-state index in [4.69, 9.17) is 9.84 Å². The first-order valence-electron chi connectivity index (χ1n) is 7.58. The van der Waals surface area contributed by atoms with Gasteiger partial charge >= 0.3 is 0 Å². The standard InChI is InChI=1S/C18H21NO2/c20-10-8-14-3-1-4-16(11-14)18(21-13-15-6-7-15)17-5-2-9-19-12-17/h1-5,9,11-12,15,18,20H,6-8,10,13H2. The van der Waals surface area contributed by atoms with Gasteiger partial charge in [-0.15, -0.1) is 0 Å². The fourth-order valence-electron chi connectivity index (χ4n) is 2.47. The topological polar surface area (TPSA) is 42.4 Å². The second-order valence-electron chi connectivity index (χ2n) is 5.66. The van der Waals surface area contributed by atoms with E-state index in [0.29, 0.717) is 6.42 Å². The van der Waals surface area contributed by atoms with Crippen LogP contribution < -0.4 is 0 Å². The summed E-state index contributed by atoms with van der Waals surface area (Å²) in [6, 6.07) is 12.3. The molecule has 3 nitrogen and oxygen atoms in total. The van der Waals surface area contributed by atoms with E-state index in [1.807, 2.05) is 24.4 Å². The highest BCUT2D eigenvalue weighted by Gasteiger charge is 2.24. The van der Waals surface area contributed by atoms with Crippen molar-refractivity contribution in [3.8, 4) is 0 Å². The van der Waals surface area contributed by atoms with Gasteiger partial charge in [0.05, 0.1) is 6.61 Å². The summed E-state index contributed by atoms with van der Waals surface area (Å²) >= 11 is 0. The van der Waals surface area contributed by atoms with Crippen molar-refractivity contribution in [2.24, 2.45) is 5.92 Å². The van der Waals surface area contributed by atoms with Crippen LogP contribution in [0.25, 0.3) is 0 Å². The maximum Gasteiger partial charge on any atom is 0.109 e. The lowest BCUT2D eigenvalue weighted by molar-refractivity contribution is 0.0715. The van der Waals surface area contributed by atoms with Crippen LogP contribution >= 0.6 is 0 Å². The summed E-state index contributed by atoms with van der Waals surface area (Å²) in [4.78, 5) is 4.21. The van der Waals surface area contributed by atoms with Crippen molar-refractivity contribution < 1.29 is 9.84 Å². The Morgan fingerprint density at radius 2 is 2.05 bits per heavy atom. The number of hydrogen-bond donors (Lipinski definition) is 1. The molecule has 1 aromatic carbocycles. The molecular weight excluding hydrogens is 262 g/mol. The lowest BCUT2D eigenvalue weighted by atomic mass is 10.00. The number of aliphatic hydroxyl groups is 1. The molecule has 1 N–H and O–H groups in total. The number of aromatic nitrogens is 1. The highest BCUT2D eigenvalue weighted by molar-refractivity contribution is 5.32. The number of hydrogen-bond acceptors (Lipinski definition) is 3.